The smallest absolute Gasteiger partial charge is 0.330 e. The van der Waals surface area contributed by atoms with Crippen molar-refractivity contribution < 1.29 is 38.1 Å². The molecule has 2 aliphatic carbocycles. The summed E-state index contributed by atoms with van der Waals surface area (Å²) in [5.41, 5.74) is -2.23. The molecule has 4 aliphatic rings. The summed E-state index contributed by atoms with van der Waals surface area (Å²) in [5.74, 6) is -2.31. The molecule has 9 heteroatoms. The molecule has 3 fully saturated rings. The summed E-state index contributed by atoms with van der Waals surface area (Å²) in [5, 5.41) is -0.759. The van der Waals surface area contributed by atoms with Crippen LogP contribution in [-0.2, 0) is 38.1 Å². The van der Waals surface area contributed by atoms with Crippen molar-refractivity contribution in [3.63, 3.8) is 0 Å². The Hall–Kier alpha value is -1.93. The van der Waals surface area contributed by atoms with Gasteiger partial charge in [-0.05, 0) is 38.2 Å². The van der Waals surface area contributed by atoms with Crippen LogP contribution in [0.2, 0.25) is 0 Å². The number of ketones is 1. The van der Waals surface area contributed by atoms with Gasteiger partial charge in [-0.1, -0.05) is 6.92 Å². The number of fused-ring (bicyclic) bond motifs is 5. The molecule has 4 rings (SSSR count). The molecule has 0 spiro atoms. The van der Waals surface area contributed by atoms with E-state index in [1.165, 1.54) is 26.8 Å². The fraction of sp³-hybridized carbons (Fsp3) is 0.739. The van der Waals surface area contributed by atoms with Crippen LogP contribution in [0.25, 0.3) is 0 Å². The molecule has 0 aromatic rings. The number of ether oxygens (including phenoxy) is 4. The minimum Gasteiger partial charge on any atom is -0.461 e. The number of hydrogen-bond acceptors (Lipinski definition) is 8. The lowest BCUT2D eigenvalue weighted by Crippen LogP contribution is -2.68. The van der Waals surface area contributed by atoms with Crippen LogP contribution in [0.15, 0.2) is 11.6 Å². The monoisotopic (exact) mass is 468 g/mol. The van der Waals surface area contributed by atoms with Crippen LogP contribution in [0.5, 0.6) is 0 Å². The van der Waals surface area contributed by atoms with E-state index in [0.717, 1.165) is 0 Å². The summed E-state index contributed by atoms with van der Waals surface area (Å²) in [4.78, 5) is 48.9. The second kappa shape index (κ2) is 7.55. The second-order valence-corrected chi connectivity index (χ2v) is 10.4. The molecule has 0 bridgehead atoms. The molecule has 2 aliphatic heterocycles. The van der Waals surface area contributed by atoms with Crippen LogP contribution >= 0.6 is 11.6 Å². The van der Waals surface area contributed by atoms with Gasteiger partial charge in [0.2, 0.25) is 0 Å². The van der Waals surface area contributed by atoms with E-state index in [2.05, 4.69) is 0 Å². The minimum absolute atomic E-state index is 0.0973. The first-order chi connectivity index (χ1) is 14.9. The fourth-order valence-corrected chi connectivity index (χ4v) is 7.27. The zero-order valence-electron chi connectivity index (χ0n) is 18.9. The highest BCUT2D eigenvalue weighted by molar-refractivity contribution is 6.23. The molecule has 2 saturated carbocycles. The number of halogens is 1. The van der Waals surface area contributed by atoms with Gasteiger partial charge in [-0.2, -0.15) is 0 Å². The zero-order chi connectivity index (χ0) is 23.6. The molecule has 8 atom stereocenters. The highest BCUT2D eigenvalue weighted by atomic mass is 35.5. The summed E-state index contributed by atoms with van der Waals surface area (Å²) in [6, 6.07) is 0. The van der Waals surface area contributed by atoms with Gasteiger partial charge in [0.25, 0.3) is 0 Å². The number of cyclic esters (lactones) is 1. The first-order valence-corrected chi connectivity index (χ1v) is 11.3. The average molecular weight is 469 g/mol. The van der Waals surface area contributed by atoms with Gasteiger partial charge in [0.05, 0.1) is 23.5 Å². The van der Waals surface area contributed by atoms with E-state index in [1.54, 1.807) is 0 Å². The second-order valence-electron chi connectivity index (χ2n) is 9.95. The molecule has 0 aromatic heterocycles. The molecule has 32 heavy (non-hydrogen) atoms. The van der Waals surface area contributed by atoms with E-state index in [0.29, 0.717) is 18.4 Å². The van der Waals surface area contributed by atoms with Gasteiger partial charge in [-0.15, -0.1) is 11.6 Å². The molecule has 0 aromatic carbocycles. The van der Waals surface area contributed by atoms with Gasteiger partial charge in [0.15, 0.2) is 11.4 Å². The van der Waals surface area contributed by atoms with Crippen LogP contribution in [0, 0.1) is 22.7 Å². The van der Waals surface area contributed by atoms with Gasteiger partial charge < -0.3 is 18.9 Å². The predicted molar refractivity (Wildman–Crippen MR) is 112 cm³/mol. The number of esters is 3. The van der Waals surface area contributed by atoms with Crippen LogP contribution < -0.4 is 0 Å². The van der Waals surface area contributed by atoms with E-state index in [1.807, 2.05) is 13.8 Å². The summed E-state index contributed by atoms with van der Waals surface area (Å²) >= 11 is 6.87. The summed E-state index contributed by atoms with van der Waals surface area (Å²) in [6.07, 6.45) is 1.07. The van der Waals surface area contributed by atoms with E-state index in [4.69, 9.17) is 30.5 Å². The lowest BCUT2D eigenvalue weighted by atomic mass is 9.54. The van der Waals surface area contributed by atoms with Gasteiger partial charge >= 0.3 is 17.9 Å². The van der Waals surface area contributed by atoms with Crippen molar-refractivity contribution in [3.8, 4) is 0 Å². The number of Topliss-reactive ketones (excluding diaryl/α,β-unsaturated/α-hetero) is 1. The first-order valence-electron chi connectivity index (χ1n) is 10.9. The van der Waals surface area contributed by atoms with Crippen molar-refractivity contribution in [3.05, 3.63) is 11.6 Å². The standard InChI is InChI=1S/C23H29ClO8/c1-11(25)23(32-13(3)27)7-6-14-17-19(31-12(2)26)18(24)15-8-16(28)29-9-21(15,4)20(17)30-10-22(14,23)5/h8,14,17-20H,6-7,9-10H2,1-5H3/t14-,17+,18-,19-,20-,21-,22-,23-/m0/s1. The number of alkyl halides is 1. The molecule has 0 radical (unpaired) electrons. The normalized spacial score (nSPS) is 44.9. The predicted octanol–water partition coefficient (Wildman–Crippen LogP) is 2.35. The first kappa shape index (κ1) is 23.2. The van der Waals surface area contributed by atoms with Crippen LogP contribution in [-0.4, -0.2) is 60.1 Å². The third-order valence-corrected chi connectivity index (χ3v) is 8.64. The Labute approximate surface area is 191 Å². The van der Waals surface area contributed by atoms with Crippen LogP contribution in [0.1, 0.15) is 47.5 Å². The molecule has 176 valence electrons. The topological polar surface area (TPSA) is 105 Å². The molecule has 1 saturated heterocycles. The Morgan fingerprint density at radius 3 is 2.41 bits per heavy atom. The van der Waals surface area contributed by atoms with Crippen molar-refractivity contribution in [1.29, 1.82) is 0 Å². The Morgan fingerprint density at radius 2 is 1.81 bits per heavy atom. The van der Waals surface area contributed by atoms with Crippen LogP contribution in [0.3, 0.4) is 0 Å². The van der Waals surface area contributed by atoms with Crippen molar-refractivity contribution in [1.82, 2.24) is 0 Å². The zero-order valence-corrected chi connectivity index (χ0v) is 19.7. The molecule has 2 heterocycles. The molecular formula is C23H29ClO8. The minimum atomic E-state index is -1.33. The van der Waals surface area contributed by atoms with E-state index in [-0.39, 0.29) is 30.8 Å². The third-order valence-electron chi connectivity index (χ3n) is 8.15. The Balaban J connectivity index is 1.83. The van der Waals surface area contributed by atoms with Crippen molar-refractivity contribution in [2.45, 2.75) is 70.6 Å². The number of carbonyl (C=O) groups is 4. The van der Waals surface area contributed by atoms with E-state index < -0.39 is 51.9 Å². The Kier molecular flexibility index (Phi) is 5.48. The van der Waals surface area contributed by atoms with Gasteiger partial charge in [0, 0.05) is 31.3 Å². The van der Waals surface area contributed by atoms with Crippen molar-refractivity contribution in [2.24, 2.45) is 22.7 Å². The largest absolute Gasteiger partial charge is 0.461 e. The van der Waals surface area contributed by atoms with Gasteiger partial charge in [-0.3, -0.25) is 14.4 Å². The lowest BCUT2D eigenvalue weighted by molar-refractivity contribution is -0.243. The maximum Gasteiger partial charge on any atom is 0.330 e. The lowest BCUT2D eigenvalue weighted by Gasteiger charge is -2.60. The number of rotatable bonds is 3. The number of hydrogen-bond donors (Lipinski definition) is 0. The van der Waals surface area contributed by atoms with Gasteiger partial charge in [0.1, 0.15) is 12.7 Å². The molecule has 0 N–H and O–H groups in total. The molecule has 8 nitrogen and oxygen atoms in total. The summed E-state index contributed by atoms with van der Waals surface area (Å²) < 4.78 is 23.2. The van der Waals surface area contributed by atoms with E-state index in [9.17, 15) is 19.2 Å². The maximum absolute atomic E-state index is 12.9. The number of carbonyl (C=O) groups excluding carboxylic acids is 4. The fourth-order valence-electron chi connectivity index (χ4n) is 6.74. The van der Waals surface area contributed by atoms with Gasteiger partial charge in [-0.25, -0.2) is 4.79 Å². The quantitative estimate of drug-likeness (QED) is 0.353. The highest BCUT2D eigenvalue weighted by Crippen LogP contribution is 2.64. The summed E-state index contributed by atoms with van der Waals surface area (Å²) in [6.45, 7) is 8.13. The average Bonchev–Trinajstić information content (AvgIpc) is 2.99. The molecular weight excluding hydrogens is 440 g/mol. The Morgan fingerprint density at radius 1 is 1.12 bits per heavy atom. The van der Waals surface area contributed by atoms with Crippen molar-refractivity contribution >= 4 is 35.3 Å². The van der Waals surface area contributed by atoms with Crippen molar-refractivity contribution in [2.75, 3.05) is 13.2 Å². The SMILES string of the molecule is CC(=O)O[C@H]1[C@@H]2[C@H](OC[C@@]3(C)[C@H]2CC[C@]3(OC(C)=O)C(C)=O)[C@@]2(C)COC(=O)C=C2[C@@H]1Cl. The summed E-state index contributed by atoms with van der Waals surface area (Å²) in [7, 11) is 0. The maximum atomic E-state index is 12.9. The van der Waals surface area contributed by atoms with Crippen LogP contribution in [0.4, 0.5) is 0 Å². The molecule has 0 unspecified atom stereocenters. The molecule has 0 amide bonds. The highest BCUT2D eigenvalue weighted by Gasteiger charge is 2.72. The van der Waals surface area contributed by atoms with E-state index >= 15 is 0 Å². The third kappa shape index (κ3) is 3.05. The Bertz CT molecular complexity index is 914.